The Morgan fingerprint density at radius 1 is 1.36 bits per heavy atom. The molecule has 2 nitrogen and oxygen atoms in total. The molecule has 0 aromatic heterocycles. The van der Waals surface area contributed by atoms with Gasteiger partial charge in [-0.25, -0.2) is 0 Å². The molecule has 0 aromatic rings. The zero-order valence-electron chi connectivity index (χ0n) is 5.90. The molecule has 0 saturated carbocycles. The van der Waals surface area contributed by atoms with Gasteiger partial charge in [-0.2, -0.15) is 0 Å². The van der Waals surface area contributed by atoms with Gasteiger partial charge in [0.05, 0.1) is 0 Å². The van der Waals surface area contributed by atoms with Gasteiger partial charge in [0.25, 0.3) is 0 Å². The van der Waals surface area contributed by atoms with Gasteiger partial charge in [-0.3, -0.25) is 0 Å². The maximum Gasteiger partial charge on any atom is 0.150 e. The van der Waals surface area contributed by atoms with Gasteiger partial charge in [-0.15, -0.1) is 0 Å². The quantitative estimate of drug-likeness (QED) is 0.568. The van der Waals surface area contributed by atoms with E-state index in [2.05, 4.69) is 0 Å². The Morgan fingerprint density at radius 3 is 3.18 bits per heavy atom. The van der Waals surface area contributed by atoms with Crippen LogP contribution in [0.4, 0.5) is 0 Å². The molecule has 0 aromatic carbocycles. The fourth-order valence-electron chi connectivity index (χ4n) is 1.14. The largest absolute Gasteiger partial charge is 0.505 e. The van der Waals surface area contributed by atoms with Crippen LogP contribution < -0.4 is 0 Å². The van der Waals surface area contributed by atoms with Crippen LogP contribution in [0, 0.1) is 0 Å². The molecule has 11 heavy (non-hydrogen) atoms. The molecule has 1 unspecified atom stereocenters. The summed E-state index contributed by atoms with van der Waals surface area (Å²) in [7, 11) is 0. The van der Waals surface area contributed by atoms with Gasteiger partial charge in [0.2, 0.25) is 0 Å². The SMILES string of the molecule is OC1=COC2C=CC=CC2=C1. The number of rotatable bonds is 0. The van der Waals surface area contributed by atoms with Gasteiger partial charge in [0.1, 0.15) is 18.1 Å². The number of allylic oxidation sites excluding steroid dienone is 3. The standard InChI is InChI=1S/C9H8O2/c10-8-5-7-3-1-2-4-9(7)11-6-8/h1-6,9-10H. The summed E-state index contributed by atoms with van der Waals surface area (Å²) in [5, 5.41) is 9.05. The van der Waals surface area contributed by atoms with Gasteiger partial charge in [-0.1, -0.05) is 18.2 Å². The molecule has 2 aliphatic rings. The lowest BCUT2D eigenvalue weighted by Crippen LogP contribution is -2.14. The van der Waals surface area contributed by atoms with Crippen LogP contribution in [-0.4, -0.2) is 11.2 Å². The Hall–Kier alpha value is -1.44. The smallest absolute Gasteiger partial charge is 0.150 e. The second-order valence-electron chi connectivity index (χ2n) is 2.49. The average Bonchev–Trinajstić information content (AvgIpc) is 2.04. The molecule has 1 aliphatic heterocycles. The molecule has 0 fully saturated rings. The molecule has 1 N–H and O–H groups in total. The van der Waals surface area contributed by atoms with Crippen molar-refractivity contribution in [1.29, 1.82) is 0 Å². The summed E-state index contributed by atoms with van der Waals surface area (Å²) in [5.74, 6) is 0.177. The molecule has 1 aliphatic carbocycles. The Balaban J connectivity index is 2.33. The van der Waals surface area contributed by atoms with Gasteiger partial charge < -0.3 is 9.84 Å². The third-order valence-corrected chi connectivity index (χ3v) is 1.66. The van der Waals surface area contributed by atoms with Crippen LogP contribution in [0.25, 0.3) is 0 Å². The molecule has 56 valence electrons. The molecular formula is C9H8O2. The summed E-state index contributed by atoms with van der Waals surface area (Å²) >= 11 is 0. The second-order valence-corrected chi connectivity index (χ2v) is 2.49. The first kappa shape index (κ1) is 6.28. The van der Waals surface area contributed by atoms with Crippen molar-refractivity contribution in [3.63, 3.8) is 0 Å². The molecule has 0 saturated heterocycles. The van der Waals surface area contributed by atoms with Crippen LogP contribution in [-0.2, 0) is 4.74 Å². The third kappa shape index (κ3) is 1.07. The number of hydrogen-bond donors (Lipinski definition) is 1. The fourth-order valence-corrected chi connectivity index (χ4v) is 1.14. The van der Waals surface area contributed by atoms with E-state index in [9.17, 15) is 0 Å². The number of ether oxygens (including phenoxy) is 1. The zero-order valence-corrected chi connectivity index (χ0v) is 5.90. The highest BCUT2D eigenvalue weighted by molar-refractivity contribution is 5.39. The summed E-state index contributed by atoms with van der Waals surface area (Å²) < 4.78 is 5.18. The number of aliphatic hydroxyl groups excluding tert-OH is 1. The fraction of sp³-hybridized carbons (Fsp3) is 0.111. The van der Waals surface area contributed by atoms with Gasteiger partial charge >= 0.3 is 0 Å². The van der Waals surface area contributed by atoms with Crippen LogP contribution in [0.3, 0.4) is 0 Å². The van der Waals surface area contributed by atoms with Crippen molar-refractivity contribution in [2.75, 3.05) is 0 Å². The third-order valence-electron chi connectivity index (χ3n) is 1.66. The lowest BCUT2D eigenvalue weighted by atomic mass is 10.0. The molecular weight excluding hydrogens is 140 g/mol. The van der Waals surface area contributed by atoms with Gasteiger partial charge in [-0.05, 0) is 12.2 Å². The maximum atomic E-state index is 9.05. The Morgan fingerprint density at radius 2 is 2.27 bits per heavy atom. The highest BCUT2D eigenvalue weighted by Crippen LogP contribution is 2.20. The van der Waals surface area contributed by atoms with E-state index in [-0.39, 0.29) is 11.9 Å². The Labute approximate surface area is 64.8 Å². The van der Waals surface area contributed by atoms with E-state index < -0.39 is 0 Å². The first-order valence-corrected chi connectivity index (χ1v) is 3.47. The van der Waals surface area contributed by atoms with Crippen LogP contribution in [0.5, 0.6) is 0 Å². The Kier molecular flexibility index (Phi) is 1.32. The van der Waals surface area contributed by atoms with Crippen LogP contribution in [0.2, 0.25) is 0 Å². The molecule has 2 rings (SSSR count). The number of fused-ring (bicyclic) bond motifs is 1. The number of hydrogen-bond acceptors (Lipinski definition) is 2. The molecule has 0 spiro atoms. The average molecular weight is 148 g/mol. The van der Waals surface area contributed by atoms with Gasteiger partial charge in [0.15, 0.2) is 0 Å². The molecule has 0 radical (unpaired) electrons. The van der Waals surface area contributed by atoms with Crippen molar-refractivity contribution in [2.24, 2.45) is 0 Å². The van der Waals surface area contributed by atoms with Crippen molar-refractivity contribution in [3.05, 3.63) is 48.0 Å². The van der Waals surface area contributed by atoms with Crippen LogP contribution in [0.15, 0.2) is 48.0 Å². The first-order chi connectivity index (χ1) is 5.36. The molecule has 0 amide bonds. The first-order valence-electron chi connectivity index (χ1n) is 3.47. The van der Waals surface area contributed by atoms with E-state index in [0.717, 1.165) is 5.57 Å². The predicted octanol–water partition coefficient (Wildman–Crippen LogP) is 1.84. The summed E-state index contributed by atoms with van der Waals surface area (Å²) in [4.78, 5) is 0. The maximum absolute atomic E-state index is 9.05. The van der Waals surface area contributed by atoms with E-state index in [1.165, 1.54) is 6.26 Å². The second kappa shape index (κ2) is 2.31. The minimum atomic E-state index is -0.00380. The normalized spacial score (nSPS) is 26.7. The summed E-state index contributed by atoms with van der Waals surface area (Å²) in [5.41, 5.74) is 0.993. The predicted molar refractivity (Wildman–Crippen MR) is 41.9 cm³/mol. The minimum absolute atomic E-state index is 0.00380. The minimum Gasteiger partial charge on any atom is -0.505 e. The van der Waals surface area contributed by atoms with E-state index in [4.69, 9.17) is 9.84 Å². The van der Waals surface area contributed by atoms with E-state index >= 15 is 0 Å². The molecule has 0 bridgehead atoms. The van der Waals surface area contributed by atoms with Crippen molar-refractivity contribution in [3.8, 4) is 0 Å². The van der Waals surface area contributed by atoms with E-state index in [1.807, 2.05) is 24.3 Å². The Bertz CT molecular complexity index is 282. The van der Waals surface area contributed by atoms with E-state index in [0.29, 0.717) is 0 Å². The topological polar surface area (TPSA) is 29.5 Å². The lowest BCUT2D eigenvalue weighted by molar-refractivity contribution is 0.196. The zero-order chi connectivity index (χ0) is 7.68. The van der Waals surface area contributed by atoms with Gasteiger partial charge in [0, 0.05) is 5.57 Å². The summed E-state index contributed by atoms with van der Waals surface area (Å²) in [6.07, 6.45) is 10.8. The van der Waals surface area contributed by atoms with E-state index in [1.54, 1.807) is 6.08 Å². The van der Waals surface area contributed by atoms with Crippen molar-refractivity contribution < 1.29 is 9.84 Å². The van der Waals surface area contributed by atoms with Crippen LogP contribution >= 0.6 is 0 Å². The highest BCUT2D eigenvalue weighted by Gasteiger charge is 2.15. The summed E-state index contributed by atoms with van der Waals surface area (Å²) in [6.45, 7) is 0. The van der Waals surface area contributed by atoms with Crippen molar-refractivity contribution >= 4 is 0 Å². The number of aliphatic hydroxyl groups is 1. The molecule has 1 atom stereocenters. The monoisotopic (exact) mass is 148 g/mol. The van der Waals surface area contributed by atoms with Crippen LogP contribution in [0.1, 0.15) is 0 Å². The highest BCUT2D eigenvalue weighted by atomic mass is 16.5. The van der Waals surface area contributed by atoms with Crippen molar-refractivity contribution in [1.82, 2.24) is 0 Å². The van der Waals surface area contributed by atoms with Crippen molar-refractivity contribution in [2.45, 2.75) is 6.10 Å². The summed E-state index contributed by atoms with van der Waals surface area (Å²) in [6, 6.07) is 0. The molecule has 2 heteroatoms. The lowest BCUT2D eigenvalue weighted by Gasteiger charge is -2.19. The molecule has 1 heterocycles.